The molecule has 0 atom stereocenters. The van der Waals surface area contributed by atoms with Crippen molar-refractivity contribution >= 4 is 22.7 Å². The first-order chi connectivity index (χ1) is 29.7. The van der Waals surface area contributed by atoms with E-state index in [1.807, 2.05) is 48.3 Å². The van der Waals surface area contributed by atoms with Crippen molar-refractivity contribution in [2.45, 2.75) is 15.2 Å². The lowest BCUT2D eigenvalue weighted by Crippen LogP contribution is -2.32. The number of hydrogen-bond donors (Lipinski definition) is 0. The third kappa shape index (κ3) is 5.40. The molecular weight excluding hydrogens is 749 g/mol. The average Bonchev–Trinajstić information content (AvgIpc) is 3.61. The summed E-state index contributed by atoms with van der Waals surface area (Å²) in [6.07, 6.45) is 1.89. The Hall–Kier alpha value is -7.47. The van der Waals surface area contributed by atoms with Gasteiger partial charge >= 0.3 is 0 Å². The number of aromatic nitrogens is 4. The van der Waals surface area contributed by atoms with Crippen molar-refractivity contribution in [2.24, 2.45) is 0 Å². The largest absolute Gasteiger partial charge is 0.256 e. The zero-order chi connectivity index (χ0) is 39.6. The molecule has 60 heavy (non-hydrogen) atoms. The third-order valence-corrected chi connectivity index (χ3v) is 13.2. The Balaban J connectivity index is 1.09. The van der Waals surface area contributed by atoms with Crippen LogP contribution in [0.5, 0.6) is 0 Å². The zero-order valence-electron chi connectivity index (χ0n) is 32.3. The van der Waals surface area contributed by atoms with E-state index in [2.05, 4.69) is 170 Å². The van der Waals surface area contributed by atoms with Crippen LogP contribution in [0.3, 0.4) is 0 Å². The second kappa shape index (κ2) is 13.8. The molecule has 1 aliphatic heterocycles. The summed E-state index contributed by atoms with van der Waals surface area (Å²) in [4.78, 5) is 22.9. The van der Waals surface area contributed by atoms with Crippen LogP contribution in [0.25, 0.3) is 78.4 Å². The molecule has 0 radical (unpaired) electrons. The van der Waals surface area contributed by atoms with Crippen LogP contribution in [0.15, 0.2) is 216 Å². The second-order valence-corrected chi connectivity index (χ2v) is 16.4. The van der Waals surface area contributed by atoms with Gasteiger partial charge in [-0.2, -0.15) is 0 Å². The molecule has 0 N–H and O–H groups in total. The van der Waals surface area contributed by atoms with Gasteiger partial charge in [0, 0.05) is 43.6 Å². The Bertz CT molecular complexity index is 3240. The minimum Gasteiger partial charge on any atom is -0.256 e. The summed E-state index contributed by atoms with van der Waals surface area (Å²) in [5.41, 5.74) is 15.3. The summed E-state index contributed by atoms with van der Waals surface area (Å²) >= 11 is 1.85. The molecule has 0 saturated carbocycles. The van der Waals surface area contributed by atoms with Crippen LogP contribution in [-0.4, -0.2) is 19.9 Å². The van der Waals surface area contributed by atoms with E-state index in [1.54, 1.807) is 0 Å². The molecule has 4 nitrogen and oxygen atoms in total. The zero-order valence-corrected chi connectivity index (χ0v) is 33.1. The molecule has 8 aromatic carbocycles. The topological polar surface area (TPSA) is 51.6 Å². The van der Waals surface area contributed by atoms with Crippen molar-refractivity contribution in [3.63, 3.8) is 0 Å². The number of pyridine rings is 1. The van der Waals surface area contributed by atoms with Gasteiger partial charge in [0.2, 0.25) is 0 Å². The maximum absolute atomic E-state index is 5.25. The van der Waals surface area contributed by atoms with Crippen LogP contribution in [0.2, 0.25) is 0 Å². The fourth-order valence-corrected chi connectivity index (χ4v) is 10.5. The van der Waals surface area contributed by atoms with Crippen LogP contribution in [-0.2, 0) is 5.41 Å². The van der Waals surface area contributed by atoms with Crippen LogP contribution in [0.1, 0.15) is 22.3 Å². The molecule has 3 heterocycles. The maximum atomic E-state index is 5.25. The molecule has 1 spiro atoms. The Morgan fingerprint density at radius 3 is 1.48 bits per heavy atom. The highest BCUT2D eigenvalue weighted by Gasteiger charge is 2.50. The van der Waals surface area contributed by atoms with Gasteiger partial charge in [0.15, 0.2) is 17.5 Å². The predicted molar refractivity (Wildman–Crippen MR) is 244 cm³/mol. The van der Waals surface area contributed by atoms with E-state index in [4.69, 9.17) is 19.9 Å². The van der Waals surface area contributed by atoms with Crippen LogP contribution in [0, 0.1) is 0 Å². The van der Waals surface area contributed by atoms with E-state index in [-0.39, 0.29) is 0 Å². The number of rotatable bonds is 5. The molecule has 280 valence electrons. The molecule has 0 bridgehead atoms. The highest BCUT2D eigenvalue weighted by Crippen LogP contribution is 2.63. The molecule has 0 saturated heterocycles. The summed E-state index contributed by atoms with van der Waals surface area (Å²) in [5.74, 6) is 1.91. The van der Waals surface area contributed by atoms with Gasteiger partial charge in [0.05, 0.1) is 10.9 Å². The quantitative estimate of drug-likeness (QED) is 0.174. The van der Waals surface area contributed by atoms with Crippen LogP contribution >= 0.6 is 11.8 Å². The van der Waals surface area contributed by atoms with E-state index >= 15 is 0 Å². The molecule has 0 fully saturated rings. The summed E-state index contributed by atoms with van der Waals surface area (Å²) in [6.45, 7) is 0. The smallest absolute Gasteiger partial charge is 0.164 e. The number of para-hydroxylation sites is 1. The lowest BCUT2D eigenvalue weighted by Gasteiger charge is -2.39. The van der Waals surface area contributed by atoms with E-state index in [0.717, 1.165) is 44.3 Å². The SMILES string of the molecule is c1ccc(-c2ccc(-c3nc(-c4ccccc4)nc(-c4ccc5c(c4)C4(c6ccccc6Sc6ccccc64)c4cc(-c6cccc7cccnc67)ccc4-5)n3)cc2)cc1. The average molecular weight is 783 g/mol. The normalized spacial score (nSPS) is 13.1. The first kappa shape index (κ1) is 34.6. The van der Waals surface area contributed by atoms with Crippen LogP contribution in [0.4, 0.5) is 0 Å². The van der Waals surface area contributed by atoms with Crippen molar-refractivity contribution in [2.75, 3.05) is 0 Å². The molecule has 12 rings (SSSR count). The van der Waals surface area contributed by atoms with Gasteiger partial charge in [0.25, 0.3) is 0 Å². The number of hydrogen-bond acceptors (Lipinski definition) is 5. The molecule has 0 amide bonds. The highest BCUT2D eigenvalue weighted by atomic mass is 32.2. The van der Waals surface area contributed by atoms with Crippen molar-refractivity contribution in [3.05, 3.63) is 229 Å². The fourth-order valence-electron chi connectivity index (χ4n) is 9.34. The monoisotopic (exact) mass is 782 g/mol. The Morgan fingerprint density at radius 1 is 0.333 bits per heavy atom. The lowest BCUT2D eigenvalue weighted by molar-refractivity contribution is 0.722. The van der Waals surface area contributed by atoms with Crippen molar-refractivity contribution in [3.8, 4) is 67.5 Å². The number of nitrogens with zero attached hydrogens (tertiary/aromatic N) is 4. The second-order valence-electron chi connectivity index (χ2n) is 15.4. The van der Waals surface area contributed by atoms with Gasteiger partial charge in [-0.25, -0.2) is 15.0 Å². The van der Waals surface area contributed by atoms with Crippen molar-refractivity contribution < 1.29 is 0 Å². The molecule has 2 aliphatic rings. The molecular formula is C55H34N4S. The van der Waals surface area contributed by atoms with E-state index in [0.29, 0.717) is 17.5 Å². The third-order valence-electron chi connectivity index (χ3n) is 12.1. The molecule has 10 aromatic rings. The number of benzene rings is 8. The van der Waals surface area contributed by atoms with Gasteiger partial charge in [-0.15, -0.1) is 0 Å². The Labute approximate surface area is 352 Å². The van der Waals surface area contributed by atoms with Gasteiger partial charge in [0.1, 0.15) is 0 Å². The standard InChI is InChI=1S/C55H34N4S/c1-3-13-35(14-4-1)36-24-26-39(27-25-36)53-57-52(38-15-5-2-6-16-38)58-54(59-53)41-29-31-44-43-30-28-40(42-19-11-17-37-18-12-32-56-51(37)42)33-47(43)55(48(44)34-41)45-20-7-9-22-49(45)60-50-23-10-8-21-46(50)55/h1-34H. The van der Waals surface area contributed by atoms with Crippen LogP contribution < -0.4 is 0 Å². The van der Waals surface area contributed by atoms with E-state index < -0.39 is 5.41 Å². The summed E-state index contributed by atoms with van der Waals surface area (Å²) in [7, 11) is 0. The molecule has 1 aliphatic carbocycles. The first-order valence-electron chi connectivity index (χ1n) is 20.2. The van der Waals surface area contributed by atoms with Gasteiger partial charge in [-0.1, -0.05) is 182 Å². The summed E-state index contributed by atoms with van der Waals surface area (Å²) < 4.78 is 0. The minimum absolute atomic E-state index is 0.599. The van der Waals surface area contributed by atoms with Gasteiger partial charge < -0.3 is 0 Å². The van der Waals surface area contributed by atoms with Gasteiger partial charge in [-0.3, -0.25) is 4.98 Å². The first-order valence-corrected chi connectivity index (χ1v) is 21.0. The molecule has 5 heteroatoms. The van der Waals surface area contributed by atoms with E-state index in [1.165, 1.54) is 48.7 Å². The Morgan fingerprint density at radius 2 is 0.817 bits per heavy atom. The van der Waals surface area contributed by atoms with E-state index in [9.17, 15) is 0 Å². The summed E-state index contributed by atoms with van der Waals surface area (Å²) in [6, 6.07) is 71.5. The minimum atomic E-state index is -0.599. The van der Waals surface area contributed by atoms with Crippen molar-refractivity contribution in [1.82, 2.24) is 19.9 Å². The highest BCUT2D eigenvalue weighted by molar-refractivity contribution is 7.99. The molecule has 0 unspecified atom stereocenters. The fraction of sp³-hybridized carbons (Fsp3) is 0.0182. The maximum Gasteiger partial charge on any atom is 0.164 e. The Kier molecular flexibility index (Phi) is 7.97. The number of fused-ring (bicyclic) bond motifs is 10. The molecule has 2 aromatic heterocycles. The van der Waals surface area contributed by atoms with Crippen molar-refractivity contribution in [1.29, 1.82) is 0 Å². The predicted octanol–water partition coefficient (Wildman–Crippen LogP) is 13.6. The lowest BCUT2D eigenvalue weighted by atomic mass is 9.67. The summed E-state index contributed by atoms with van der Waals surface area (Å²) in [5, 5.41) is 1.13. The van der Waals surface area contributed by atoms with Gasteiger partial charge in [-0.05, 0) is 80.4 Å².